The first-order chi connectivity index (χ1) is 18.9. The molecule has 0 spiro atoms. The van der Waals surface area contributed by atoms with E-state index in [1.54, 1.807) is 0 Å². The van der Waals surface area contributed by atoms with Gasteiger partial charge in [0.15, 0.2) is 0 Å². The lowest BCUT2D eigenvalue weighted by Gasteiger charge is -2.41. The fraction of sp³-hybridized carbons (Fsp3) is 0.594. The average molecular weight is 551 g/mol. The normalized spacial score (nSPS) is 27.9. The molecule has 39 heavy (non-hydrogen) atoms. The first kappa shape index (κ1) is 27.9. The summed E-state index contributed by atoms with van der Waals surface area (Å²) >= 11 is 6.19. The van der Waals surface area contributed by atoms with E-state index in [0.717, 1.165) is 49.5 Å². The second-order valence-corrected chi connectivity index (χ2v) is 12.5. The SMILES string of the molecule is CCC(C)C(=O)N(C1CCC(C)CC1)[C@H]1CCN(C(=O)[C@@H]2CN(c3ccccn3)C[C@H]2c2ccc(Cl)cc2)C1. The standard InChI is InChI=1S/C32H43ClN4O2/c1-4-23(3)31(38)37(26-14-8-22(2)9-15-26)27-16-18-35(19-27)32(39)29-21-36(30-7-5-6-17-34-30)20-28(29)24-10-12-25(33)13-11-24/h5-7,10-13,17,22-23,26-29H,4,8-9,14-16,18-21H2,1-3H3/t22?,23?,26?,27-,28-,29+/m0/s1. The maximum Gasteiger partial charge on any atom is 0.228 e. The molecule has 0 radical (unpaired) electrons. The minimum Gasteiger partial charge on any atom is -0.355 e. The molecule has 4 atom stereocenters. The van der Waals surface area contributed by atoms with Crippen molar-refractivity contribution < 1.29 is 9.59 Å². The molecule has 1 saturated carbocycles. The van der Waals surface area contributed by atoms with Gasteiger partial charge in [0.1, 0.15) is 5.82 Å². The van der Waals surface area contributed by atoms with E-state index in [-0.39, 0.29) is 35.6 Å². The van der Waals surface area contributed by atoms with Crippen LogP contribution in [0.25, 0.3) is 0 Å². The summed E-state index contributed by atoms with van der Waals surface area (Å²) in [5.41, 5.74) is 1.14. The summed E-state index contributed by atoms with van der Waals surface area (Å²) in [6, 6.07) is 14.3. The Kier molecular flexibility index (Phi) is 8.80. The van der Waals surface area contributed by atoms with E-state index in [1.165, 1.54) is 12.8 Å². The highest BCUT2D eigenvalue weighted by Crippen LogP contribution is 2.38. The number of pyridine rings is 1. The van der Waals surface area contributed by atoms with E-state index in [9.17, 15) is 9.59 Å². The molecular weight excluding hydrogens is 508 g/mol. The predicted octanol–water partition coefficient (Wildman–Crippen LogP) is 6.01. The van der Waals surface area contributed by atoms with Crippen molar-refractivity contribution in [2.75, 3.05) is 31.1 Å². The van der Waals surface area contributed by atoms with Crippen molar-refractivity contribution in [3.05, 3.63) is 59.2 Å². The summed E-state index contributed by atoms with van der Waals surface area (Å²) in [6.45, 7) is 9.20. The number of likely N-dealkylation sites (tertiary alicyclic amines) is 1. The predicted molar refractivity (Wildman–Crippen MR) is 157 cm³/mol. The van der Waals surface area contributed by atoms with Gasteiger partial charge in [0.05, 0.1) is 12.0 Å². The van der Waals surface area contributed by atoms with E-state index in [4.69, 9.17) is 11.6 Å². The van der Waals surface area contributed by atoms with Gasteiger partial charge in [0, 0.05) is 55.3 Å². The molecule has 2 amide bonds. The molecule has 0 bridgehead atoms. The van der Waals surface area contributed by atoms with E-state index in [1.807, 2.05) is 41.4 Å². The number of amides is 2. The average Bonchev–Trinajstić information content (AvgIpc) is 3.63. The molecule has 6 nitrogen and oxygen atoms in total. The van der Waals surface area contributed by atoms with Gasteiger partial charge in [-0.3, -0.25) is 9.59 Å². The number of carbonyl (C=O) groups is 2. The number of anilines is 1. The van der Waals surface area contributed by atoms with Crippen LogP contribution >= 0.6 is 11.6 Å². The Morgan fingerprint density at radius 2 is 1.74 bits per heavy atom. The molecule has 3 heterocycles. The Morgan fingerprint density at radius 1 is 1.00 bits per heavy atom. The smallest absolute Gasteiger partial charge is 0.228 e. The van der Waals surface area contributed by atoms with E-state index in [0.29, 0.717) is 30.7 Å². The van der Waals surface area contributed by atoms with Gasteiger partial charge in [-0.2, -0.15) is 0 Å². The van der Waals surface area contributed by atoms with Crippen molar-refractivity contribution in [1.82, 2.24) is 14.8 Å². The number of halogens is 1. The van der Waals surface area contributed by atoms with E-state index >= 15 is 0 Å². The third kappa shape index (κ3) is 6.11. The maximum atomic E-state index is 14.2. The van der Waals surface area contributed by atoms with Crippen LogP contribution < -0.4 is 4.90 Å². The highest BCUT2D eigenvalue weighted by atomic mass is 35.5. The summed E-state index contributed by atoms with van der Waals surface area (Å²) in [4.78, 5) is 38.9. The highest BCUT2D eigenvalue weighted by Gasteiger charge is 2.44. The molecule has 1 aromatic carbocycles. The third-order valence-electron chi connectivity index (χ3n) is 9.44. The number of hydrogen-bond donors (Lipinski definition) is 0. The van der Waals surface area contributed by atoms with Gasteiger partial charge >= 0.3 is 0 Å². The van der Waals surface area contributed by atoms with Crippen molar-refractivity contribution in [3.8, 4) is 0 Å². The maximum absolute atomic E-state index is 14.2. The van der Waals surface area contributed by atoms with Gasteiger partial charge in [0.2, 0.25) is 11.8 Å². The van der Waals surface area contributed by atoms with Gasteiger partial charge in [-0.25, -0.2) is 4.98 Å². The van der Waals surface area contributed by atoms with Gasteiger partial charge in [0.25, 0.3) is 0 Å². The Hall–Kier alpha value is -2.60. The number of aromatic nitrogens is 1. The van der Waals surface area contributed by atoms with Gasteiger partial charge < -0.3 is 14.7 Å². The number of hydrogen-bond acceptors (Lipinski definition) is 4. The quantitative estimate of drug-likeness (QED) is 0.423. The van der Waals surface area contributed by atoms with Crippen LogP contribution in [-0.2, 0) is 9.59 Å². The highest BCUT2D eigenvalue weighted by molar-refractivity contribution is 6.30. The van der Waals surface area contributed by atoms with Gasteiger partial charge in [-0.1, -0.05) is 50.6 Å². The van der Waals surface area contributed by atoms with Crippen LogP contribution in [0, 0.1) is 17.8 Å². The number of rotatable bonds is 7. The molecule has 2 saturated heterocycles. The van der Waals surface area contributed by atoms with Crippen molar-refractivity contribution in [2.24, 2.45) is 17.8 Å². The molecule has 1 unspecified atom stereocenters. The van der Waals surface area contributed by atoms with E-state index < -0.39 is 0 Å². The van der Waals surface area contributed by atoms with Crippen LogP contribution in [-0.4, -0.2) is 64.9 Å². The minimum atomic E-state index is -0.166. The first-order valence-corrected chi connectivity index (χ1v) is 15.3. The largest absolute Gasteiger partial charge is 0.355 e. The molecule has 1 aliphatic carbocycles. The number of nitrogens with zero attached hydrogens (tertiary/aromatic N) is 4. The molecule has 0 N–H and O–H groups in total. The summed E-state index contributed by atoms with van der Waals surface area (Å²) in [5.74, 6) is 2.03. The van der Waals surface area contributed by atoms with Crippen LogP contribution in [0.1, 0.15) is 70.8 Å². The topological polar surface area (TPSA) is 56.8 Å². The first-order valence-electron chi connectivity index (χ1n) is 14.9. The van der Waals surface area contributed by atoms with Crippen molar-refractivity contribution >= 4 is 29.2 Å². The Bertz CT molecular complexity index is 1120. The molecule has 7 heteroatoms. The summed E-state index contributed by atoms with van der Waals surface area (Å²) in [5, 5.41) is 0.701. The summed E-state index contributed by atoms with van der Waals surface area (Å²) in [7, 11) is 0. The second-order valence-electron chi connectivity index (χ2n) is 12.1. The monoisotopic (exact) mass is 550 g/mol. The zero-order valence-corrected chi connectivity index (χ0v) is 24.4. The molecule has 3 fully saturated rings. The van der Waals surface area contributed by atoms with Crippen molar-refractivity contribution in [2.45, 2.75) is 77.3 Å². The summed E-state index contributed by atoms with van der Waals surface area (Å²) in [6.07, 6.45) is 8.03. The fourth-order valence-electron chi connectivity index (χ4n) is 6.84. The molecule has 1 aromatic heterocycles. The molecular formula is C32H43ClN4O2. The van der Waals surface area contributed by atoms with Crippen LogP contribution in [0.3, 0.4) is 0 Å². The molecule has 3 aliphatic rings. The Morgan fingerprint density at radius 3 is 2.41 bits per heavy atom. The van der Waals surface area contributed by atoms with Gasteiger partial charge in [-0.15, -0.1) is 0 Å². The van der Waals surface area contributed by atoms with Crippen LogP contribution in [0.2, 0.25) is 5.02 Å². The molecule has 2 aliphatic heterocycles. The second kappa shape index (κ2) is 12.3. The molecule has 2 aromatic rings. The van der Waals surface area contributed by atoms with Crippen molar-refractivity contribution in [1.29, 1.82) is 0 Å². The van der Waals surface area contributed by atoms with Crippen LogP contribution in [0.4, 0.5) is 5.82 Å². The number of benzene rings is 1. The number of carbonyl (C=O) groups excluding carboxylic acids is 2. The molecule has 210 valence electrons. The fourth-order valence-corrected chi connectivity index (χ4v) is 6.97. The zero-order chi connectivity index (χ0) is 27.5. The lowest BCUT2D eigenvalue weighted by molar-refractivity contribution is -0.142. The van der Waals surface area contributed by atoms with Crippen molar-refractivity contribution in [3.63, 3.8) is 0 Å². The lowest BCUT2D eigenvalue weighted by atomic mass is 9.85. The molecule has 5 rings (SSSR count). The van der Waals surface area contributed by atoms with Crippen LogP contribution in [0.15, 0.2) is 48.7 Å². The van der Waals surface area contributed by atoms with E-state index in [2.05, 4.69) is 47.7 Å². The summed E-state index contributed by atoms with van der Waals surface area (Å²) < 4.78 is 0. The van der Waals surface area contributed by atoms with Crippen LogP contribution in [0.5, 0.6) is 0 Å². The zero-order valence-electron chi connectivity index (χ0n) is 23.6. The third-order valence-corrected chi connectivity index (χ3v) is 9.70. The lowest BCUT2D eigenvalue weighted by Crippen LogP contribution is -2.51. The Balaban J connectivity index is 1.35. The Labute approximate surface area is 238 Å². The minimum absolute atomic E-state index is 0.0187. The van der Waals surface area contributed by atoms with Gasteiger partial charge in [-0.05, 0) is 74.3 Å².